The molecule has 4 heterocycles. The van der Waals surface area contributed by atoms with E-state index in [0.717, 1.165) is 49.3 Å². The maximum absolute atomic E-state index is 15.0. The summed E-state index contributed by atoms with van der Waals surface area (Å²) in [6, 6.07) is 6.25. The van der Waals surface area contributed by atoms with Crippen molar-refractivity contribution in [3.63, 3.8) is 0 Å². The summed E-state index contributed by atoms with van der Waals surface area (Å²) in [5.41, 5.74) is 2.97. The van der Waals surface area contributed by atoms with Gasteiger partial charge in [-0.3, -0.25) is 4.79 Å². The first-order valence-electron chi connectivity index (χ1n) is 11.9. The number of fused-ring (bicyclic) bond motifs is 2. The molecule has 1 aliphatic rings. The van der Waals surface area contributed by atoms with Crippen LogP contribution in [0.4, 0.5) is 15.8 Å². The van der Waals surface area contributed by atoms with Gasteiger partial charge < -0.3 is 29.1 Å². The molecule has 3 aromatic heterocycles. The zero-order valence-electron chi connectivity index (χ0n) is 20.4. The summed E-state index contributed by atoms with van der Waals surface area (Å²) in [4.78, 5) is 19.9. The van der Waals surface area contributed by atoms with Crippen LogP contribution in [0.15, 0.2) is 35.0 Å². The summed E-state index contributed by atoms with van der Waals surface area (Å²) in [5.74, 6) is -0.379. The molecule has 0 atom stereocenters. The summed E-state index contributed by atoms with van der Waals surface area (Å²) in [7, 11) is 1.36. The van der Waals surface area contributed by atoms with Gasteiger partial charge in [-0.25, -0.2) is 4.98 Å². The molecule has 1 saturated heterocycles. The number of piperidine rings is 1. The Kier molecular flexibility index (Phi) is 6.10. The molecular formula is C26H30FN5O3. The number of amides is 1. The third kappa shape index (κ3) is 4.20. The number of aryl methyl sites for hydroxylation is 2. The number of nitrogens with zero attached hydrogens (tertiary/aromatic N) is 3. The highest BCUT2D eigenvalue weighted by atomic mass is 19.1. The average molecular weight is 480 g/mol. The zero-order chi connectivity index (χ0) is 24.7. The van der Waals surface area contributed by atoms with Crippen LogP contribution in [0, 0.1) is 19.7 Å². The number of aromatic nitrogens is 2. The van der Waals surface area contributed by atoms with Crippen molar-refractivity contribution < 1.29 is 18.3 Å². The normalized spacial score (nSPS) is 14.7. The van der Waals surface area contributed by atoms with Gasteiger partial charge in [-0.1, -0.05) is 6.92 Å². The molecule has 35 heavy (non-hydrogen) atoms. The molecule has 4 aromatic rings. The standard InChI is InChI=1S/C26H30FN5O3/c1-5-28-17-8-10-31(11-9-17)21-7-6-18(23-19(21)12-16(3)35-23)26(33)30-20-14-32-13-15(2)29-25(32)22(27)24(20)34-4/h6-7,12-14,17,28H,5,8-11H2,1-4H3,(H,30,33). The molecule has 1 fully saturated rings. The van der Waals surface area contributed by atoms with Crippen molar-refractivity contribution in [3.8, 4) is 5.75 Å². The smallest absolute Gasteiger partial charge is 0.259 e. The van der Waals surface area contributed by atoms with Crippen LogP contribution in [0.1, 0.15) is 41.6 Å². The van der Waals surface area contributed by atoms with Gasteiger partial charge in [0.25, 0.3) is 5.91 Å². The maximum atomic E-state index is 15.0. The van der Waals surface area contributed by atoms with E-state index in [-0.39, 0.29) is 17.1 Å². The number of benzene rings is 1. The minimum absolute atomic E-state index is 0.0662. The van der Waals surface area contributed by atoms with E-state index in [0.29, 0.717) is 22.9 Å². The molecule has 8 nitrogen and oxygen atoms in total. The maximum Gasteiger partial charge on any atom is 0.259 e. The van der Waals surface area contributed by atoms with Crippen LogP contribution in [0.3, 0.4) is 0 Å². The minimum atomic E-state index is -0.631. The van der Waals surface area contributed by atoms with Crippen LogP contribution >= 0.6 is 0 Å². The van der Waals surface area contributed by atoms with Gasteiger partial charge in [-0.2, -0.15) is 4.39 Å². The van der Waals surface area contributed by atoms with E-state index in [2.05, 4.69) is 27.4 Å². The number of rotatable bonds is 6. The molecule has 1 amide bonds. The summed E-state index contributed by atoms with van der Waals surface area (Å²) in [6.45, 7) is 8.62. The highest BCUT2D eigenvalue weighted by molar-refractivity contribution is 6.14. The molecule has 0 unspecified atom stereocenters. The molecule has 1 aromatic carbocycles. The first-order chi connectivity index (χ1) is 16.9. The van der Waals surface area contributed by atoms with Crippen molar-refractivity contribution in [1.29, 1.82) is 0 Å². The Hall–Kier alpha value is -3.59. The predicted molar refractivity (Wildman–Crippen MR) is 134 cm³/mol. The Morgan fingerprint density at radius 1 is 1.26 bits per heavy atom. The monoisotopic (exact) mass is 479 g/mol. The first-order valence-corrected chi connectivity index (χ1v) is 11.9. The van der Waals surface area contributed by atoms with E-state index in [4.69, 9.17) is 9.15 Å². The number of halogens is 1. The molecule has 0 bridgehead atoms. The number of pyridine rings is 1. The summed E-state index contributed by atoms with van der Waals surface area (Å²) >= 11 is 0. The van der Waals surface area contributed by atoms with Gasteiger partial charge in [0, 0.05) is 42.6 Å². The Morgan fingerprint density at radius 2 is 2.03 bits per heavy atom. The number of carbonyl (C=O) groups excluding carboxylic acids is 1. The number of carbonyl (C=O) groups is 1. The molecule has 0 spiro atoms. The molecule has 9 heteroatoms. The second-order valence-electron chi connectivity index (χ2n) is 9.01. The fourth-order valence-corrected chi connectivity index (χ4v) is 4.97. The van der Waals surface area contributed by atoms with E-state index in [1.165, 1.54) is 11.5 Å². The summed E-state index contributed by atoms with van der Waals surface area (Å²) in [5, 5.41) is 7.23. The van der Waals surface area contributed by atoms with Crippen molar-refractivity contribution in [2.75, 3.05) is 37.0 Å². The molecule has 2 N–H and O–H groups in total. The van der Waals surface area contributed by atoms with Gasteiger partial charge in [0.15, 0.2) is 11.4 Å². The molecule has 0 aliphatic carbocycles. The highest BCUT2D eigenvalue weighted by Gasteiger charge is 2.25. The Balaban J connectivity index is 1.47. The SMILES string of the molecule is CCNC1CCN(c2ccc(C(=O)Nc3cn4cc(C)nc4c(F)c3OC)c3oc(C)cc23)CC1. The number of imidazole rings is 1. The van der Waals surface area contributed by atoms with Crippen molar-refractivity contribution in [1.82, 2.24) is 14.7 Å². The van der Waals surface area contributed by atoms with E-state index in [9.17, 15) is 9.18 Å². The van der Waals surface area contributed by atoms with E-state index in [1.807, 2.05) is 19.1 Å². The topological polar surface area (TPSA) is 84.0 Å². The van der Waals surface area contributed by atoms with Gasteiger partial charge in [-0.15, -0.1) is 0 Å². The van der Waals surface area contributed by atoms with E-state index in [1.54, 1.807) is 25.4 Å². The highest BCUT2D eigenvalue weighted by Crippen LogP contribution is 2.35. The Morgan fingerprint density at radius 3 is 2.74 bits per heavy atom. The van der Waals surface area contributed by atoms with Crippen LogP contribution in [-0.2, 0) is 0 Å². The van der Waals surface area contributed by atoms with Crippen LogP contribution < -0.4 is 20.3 Å². The lowest BCUT2D eigenvalue weighted by molar-refractivity contribution is 0.102. The lowest BCUT2D eigenvalue weighted by Crippen LogP contribution is -2.42. The van der Waals surface area contributed by atoms with Crippen molar-refractivity contribution in [2.24, 2.45) is 0 Å². The van der Waals surface area contributed by atoms with Crippen LogP contribution in [0.5, 0.6) is 5.75 Å². The van der Waals surface area contributed by atoms with Gasteiger partial charge in [0.2, 0.25) is 5.82 Å². The second-order valence-corrected chi connectivity index (χ2v) is 9.01. The molecule has 0 saturated carbocycles. The molecule has 5 rings (SSSR count). The third-order valence-corrected chi connectivity index (χ3v) is 6.57. The lowest BCUT2D eigenvalue weighted by atomic mass is 10.0. The number of hydrogen-bond donors (Lipinski definition) is 2. The van der Waals surface area contributed by atoms with E-state index < -0.39 is 11.7 Å². The molecule has 1 aliphatic heterocycles. The fraction of sp³-hybridized carbons (Fsp3) is 0.385. The number of hydrogen-bond acceptors (Lipinski definition) is 6. The average Bonchev–Trinajstić information content (AvgIpc) is 3.41. The minimum Gasteiger partial charge on any atom is -0.491 e. The Bertz CT molecular complexity index is 1400. The van der Waals surface area contributed by atoms with Gasteiger partial charge >= 0.3 is 0 Å². The third-order valence-electron chi connectivity index (χ3n) is 6.57. The Labute approximate surface area is 203 Å². The van der Waals surface area contributed by atoms with Gasteiger partial charge in [0.05, 0.1) is 18.4 Å². The fourth-order valence-electron chi connectivity index (χ4n) is 4.97. The van der Waals surface area contributed by atoms with Gasteiger partial charge in [0.1, 0.15) is 17.0 Å². The molecular weight excluding hydrogens is 449 g/mol. The van der Waals surface area contributed by atoms with Crippen molar-refractivity contribution in [2.45, 2.75) is 39.7 Å². The predicted octanol–water partition coefficient (Wildman–Crippen LogP) is 4.68. The van der Waals surface area contributed by atoms with Crippen LogP contribution in [0.2, 0.25) is 0 Å². The molecule has 184 valence electrons. The van der Waals surface area contributed by atoms with Crippen LogP contribution in [-0.4, -0.2) is 48.1 Å². The van der Waals surface area contributed by atoms with Crippen molar-refractivity contribution in [3.05, 3.63) is 53.4 Å². The quantitative estimate of drug-likeness (QED) is 0.418. The zero-order valence-corrected chi connectivity index (χ0v) is 20.4. The lowest BCUT2D eigenvalue weighted by Gasteiger charge is -2.34. The number of anilines is 2. The first kappa shape index (κ1) is 23.2. The second kappa shape index (κ2) is 9.22. The number of nitrogens with one attached hydrogen (secondary N) is 2. The van der Waals surface area contributed by atoms with Crippen LogP contribution in [0.25, 0.3) is 16.6 Å². The van der Waals surface area contributed by atoms with Crippen molar-refractivity contribution >= 4 is 33.9 Å². The van der Waals surface area contributed by atoms with E-state index >= 15 is 0 Å². The summed E-state index contributed by atoms with van der Waals surface area (Å²) < 4.78 is 27.8. The summed E-state index contributed by atoms with van der Waals surface area (Å²) in [6.07, 6.45) is 5.42. The number of ether oxygens (including phenoxy) is 1. The largest absolute Gasteiger partial charge is 0.491 e. The molecule has 0 radical (unpaired) electrons. The number of methoxy groups -OCH3 is 1. The van der Waals surface area contributed by atoms with Gasteiger partial charge in [-0.05, 0) is 51.4 Å². The number of furan rings is 1.